The number of aliphatic hydroxyl groups excluding tert-OH is 1. The summed E-state index contributed by atoms with van der Waals surface area (Å²) in [5.74, 6) is -0.659. The monoisotopic (exact) mass is 393 g/mol. The van der Waals surface area contributed by atoms with Crippen LogP contribution in [0.5, 0.6) is 0 Å². The highest BCUT2D eigenvalue weighted by Gasteiger charge is 2.32. The van der Waals surface area contributed by atoms with Gasteiger partial charge in [0.1, 0.15) is 12.4 Å². The molecule has 0 aliphatic heterocycles. The van der Waals surface area contributed by atoms with Gasteiger partial charge in [0.15, 0.2) is 5.78 Å². The van der Waals surface area contributed by atoms with Crippen LogP contribution in [0.3, 0.4) is 0 Å². The molecular formula is C20H31NO5Si. The lowest BCUT2D eigenvalue weighted by atomic mass is 10.0. The van der Waals surface area contributed by atoms with Crippen LogP contribution in [0.15, 0.2) is 11.8 Å². The summed E-state index contributed by atoms with van der Waals surface area (Å²) >= 11 is 0. The Kier molecular flexibility index (Phi) is 7.05. The third-order valence-corrected chi connectivity index (χ3v) is 6.54. The Bertz CT molecular complexity index is 743. The second-order valence-electron chi connectivity index (χ2n) is 8.13. The molecule has 7 heteroatoms. The second-order valence-corrected chi connectivity index (χ2v) is 13.8. The van der Waals surface area contributed by atoms with Crippen molar-refractivity contribution in [2.24, 2.45) is 0 Å². The summed E-state index contributed by atoms with van der Waals surface area (Å²) in [6, 6.07) is 1.03. The highest BCUT2D eigenvalue weighted by atomic mass is 28.3. The molecule has 2 rings (SSSR count). The summed E-state index contributed by atoms with van der Waals surface area (Å²) in [6.45, 7) is 11.5. The number of aromatic nitrogens is 1. The lowest BCUT2D eigenvalue weighted by molar-refractivity contribution is 0.0468. The van der Waals surface area contributed by atoms with Crippen molar-refractivity contribution in [3.05, 3.63) is 34.3 Å². The Balaban J connectivity index is 2.42. The standard InChI is InChI=1S/C20H31NO5Si/c1-6-26-20(24)18-14(2)17-16(9-7-8-15(12-22)19(17)23)21(18)13-25-10-11-27(3,4)5/h12,22H,6-11,13H2,1-5H3. The summed E-state index contributed by atoms with van der Waals surface area (Å²) in [7, 11) is -1.22. The molecule has 0 unspecified atom stereocenters. The molecule has 1 N–H and O–H groups in total. The Morgan fingerprint density at radius 1 is 1.30 bits per heavy atom. The topological polar surface area (TPSA) is 77.8 Å². The summed E-state index contributed by atoms with van der Waals surface area (Å²) in [4.78, 5) is 25.4. The average molecular weight is 394 g/mol. The molecule has 0 saturated carbocycles. The number of fused-ring (bicyclic) bond motifs is 1. The van der Waals surface area contributed by atoms with Crippen molar-refractivity contribution in [2.45, 2.75) is 65.5 Å². The zero-order valence-corrected chi connectivity index (χ0v) is 18.1. The maximum atomic E-state index is 12.9. The number of allylic oxidation sites excluding steroid dienone is 1. The van der Waals surface area contributed by atoms with Gasteiger partial charge in [0, 0.05) is 31.5 Å². The molecule has 0 saturated heterocycles. The fraction of sp³-hybridized carbons (Fsp3) is 0.600. The molecule has 0 amide bonds. The van der Waals surface area contributed by atoms with Gasteiger partial charge in [0.2, 0.25) is 0 Å². The van der Waals surface area contributed by atoms with E-state index in [1.165, 1.54) is 0 Å². The van der Waals surface area contributed by atoms with E-state index in [9.17, 15) is 14.7 Å². The van der Waals surface area contributed by atoms with Crippen LogP contribution in [0.4, 0.5) is 0 Å². The number of esters is 1. The van der Waals surface area contributed by atoms with Crippen molar-refractivity contribution in [3.8, 4) is 0 Å². The van der Waals surface area contributed by atoms with Gasteiger partial charge < -0.3 is 19.1 Å². The number of aliphatic hydroxyl groups is 1. The molecule has 1 aromatic heterocycles. The number of carbonyl (C=O) groups is 2. The predicted molar refractivity (Wildman–Crippen MR) is 107 cm³/mol. The van der Waals surface area contributed by atoms with E-state index < -0.39 is 14.0 Å². The van der Waals surface area contributed by atoms with Crippen LogP contribution in [-0.4, -0.2) is 42.7 Å². The fourth-order valence-electron chi connectivity index (χ4n) is 3.35. The van der Waals surface area contributed by atoms with E-state index in [-0.39, 0.29) is 19.1 Å². The van der Waals surface area contributed by atoms with E-state index in [1.54, 1.807) is 18.4 Å². The SMILES string of the molecule is CCOC(=O)c1c(C)c2c(n1COCC[Si](C)(C)C)CCCC(=CO)C2=O. The third kappa shape index (κ3) is 4.90. The van der Waals surface area contributed by atoms with Crippen LogP contribution in [0.1, 0.15) is 51.9 Å². The molecule has 27 heavy (non-hydrogen) atoms. The molecule has 1 aromatic rings. The van der Waals surface area contributed by atoms with Crippen LogP contribution in [-0.2, 0) is 22.6 Å². The number of ketones is 1. The predicted octanol–water partition coefficient (Wildman–Crippen LogP) is 4.25. The first-order valence-electron chi connectivity index (χ1n) is 9.56. The normalized spacial score (nSPS) is 16.3. The smallest absolute Gasteiger partial charge is 0.355 e. The Labute approximate surface area is 162 Å². The summed E-state index contributed by atoms with van der Waals surface area (Å²) in [6.07, 6.45) is 2.79. The molecule has 0 bridgehead atoms. The van der Waals surface area contributed by atoms with E-state index in [0.29, 0.717) is 41.8 Å². The van der Waals surface area contributed by atoms with Crippen LogP contribution in [0.2, 0.25) is 25.7 Å². The maximum absolute atomic E-state index is 12.9. The molecule has 1 aliphatic carbocycles. The van der Waals surface area contributed by atoms with Gasteiger partial charge in [-0.15, -0.1) is 0 Å². The first-order valence-corrected chi connectivity index (χ1v) is 13.3. The summed E-state index contributed by atoms with van der Waals surface area (Å²) in [5, 5.41) is 9.42. The minimum absolute atomic E-state index is 0.214. The molecule has 0 radical (unpaired) electrons. The number of nitrogens with zero attached hydrogens (tertiary/aromatic N) is 1. The number of hydrogen-bond donors (Lipinski definition) is 1. The van der Waals surface area contributed by atoms with Crippen LogP contribution in [0, 0.1) is 6.92 Å². The highest BCUT2D eigenvalue weighted by Crippen LogP contribution is 2.31. The molecule has 0 aromatic carbocycles. The Hall–Kier alpha value is -1.86. The number of rotatable bonds is 7. The molecular weight excluding hydrogens is 362 g/mol. The van der Waals surface area contributed by atoms with E-state index in [0.717, 1.165) is 24.4 Å². The summed E-state index contributed by atoms with van der Waals surface area (Å²) < 4.78 is 12.9. The first-order chi connectivity index (χ1) is 12.7. The lowest BCUT2D eigenvalue weighted by Crippen LogP contribution is -2.23. The van der Waals surface area contributed by atoms with Gasteiger partial charge in [0.05, 0.1) is 12.9 Å². The van der Waals surface area contributed by atoms with Gasteiger partial charge in [-0.05, 0) is 44.7 Å². The van der Waals surface area contributed by atoms with Gasteiger partial charge in [-0.1, -0.05) is 19.6 Å². The number of ether oxygens (including phenoxy) is 2. The van der Waals surface area contributed by atoms with E-state index in [1.807, 2.05) is 0 Å². The largest absolute Gasteiger partial charge is 0.515 e. The van der Waals surface area contributed by atoms with Crippen molar-refractivity contribution >= 4 is 19.8 Å². The lowest BCUT2D eigenvalue weighted by Gasteiger charge is -2.17. The minimum Gasteiger partial charge on any atom is -0.515 e. The Morgan fingerprint density at radius 3 is 2.59 bits per heavy atom. The van der Waals surface area contributed by atoms with Gasteiger partial charge in [-0.2, -0.15) is 0 Å². The van der Waals surface area contributed by atoms with Crippen molar-refractivity contribution in [1.29, 1.82) is 0 Å². The van der Waals surface area contributed by atoms with E-state index in [4.69, 9.17) is 9.47 Å². The first kappa shape index (κ1) is 21.4. The molecule has 150 valence electrons. The molecule has 0 atom stereocenters. The molecule has 0 spiro atoms. The molecule has 1 heterocycles. The van der Waals surface area contributed by atoms with Gasteiger partial charge in [-0.3, -0.25) is 4.79 Å². The average Bonchev–Trinajstić information content (AvgIpc) is 2.74. The van der Waals surface area contributed by atoms with Crippen molar-refractivity contribution in [3.63, 3.8) is 0 Å². The van der Waals surface area contributed by atoms with Gasteiger partial charge in [0.25, 0.3) is 0 Å². The zero-order chi connectivity index (χ0) is 20.2. The van der Waals surface area contributed by atoms with Gasteiger partial charge in [-0.25, -0.2) is 4.79 Å². The van der Waals surface area contributed by atoms with Crippen molar-refractivity contribution in [2.75, 3.05) is 13.2 Å². The number of hydrogen-bond acceptors (Lipinski definition) is 5. The Morgan fingerprint density at radius 2 is 2.00 bits per heavy atom. The maximum Gasteiger partial charge on any atom is 0.355 e. The van der Waals surface area contributed by atoms with Crippen molar-refractivity contribution < 1.29 is 24.2 Å². The zero-order valence-electron chi connectivity index (χ0n) is 17.1. The van der Waals surface area contributed by atoms with Crippen LogP contribution >= 0.6 is 0 Å². The molecule has 1 aliphatic rings. The van der Waals surface area contributed by atoms with Crippen molar-refractivity contribution in [1.82, 2.24) is 4.57 Å². The highest BCUT2D eigenvalue weighted by molar-refractivity contribution is 6.76. The molecule has 0 fully saturated rings. The third-order valence-electron chi connectivity index (χ3n) is 4.83. The van der Waals surface area contributed by atoms with Crippen LogP contribution in [0.25, 0.3) is 0 Å². The second kappa shape index (κ2) is 8.88. The molecule has 6 nitrogen and oxygen atoms in total. The summed E-state index contributed by atoms with van der Waals surface area (Å²) in [5.41, 5.74) is 2.66. The fourth-order valence-corrected chi connectivity index (χ4v) is 4.11. The van der Waals surface area contributed by atoms with E-state index in [2.05, 4.69) is 19.6 Å². The quantitative estimate of drug-likeness (QED) is 0.187. The minimum atomic E-state index is -1.22. The number of carbonyl (C=O) groups excluding carboxylic acids is 2. The number of Topliss-reactive ketones (excluding diaryl/α,β-unsaturated/α-hetero) is 1. The van der Waals surface area contributed by atoms with Crippen LogP contribution < -0.4 is 0 Å². The van der Waals surface area contributed by atoms with E-state index >= 15 is 0 Å². The van der Waals surface area contributed by atoms with Gasteiger partial charge >= 0.3 is 5.97 Å².